The minimum atomic E-state index is -0.500. The van der Waals surface area contributed by atoms with Crippen molar-refractivity contribution in [2.24, 2.45) is 0 Å². The number of hydrogen-bond donors (Lipinski definition) is 0. The molecule has 1 atom stereocenters. The van der Waals surface area contributed by atoms with E-state index in [1.807, 2.05) is 0 Å². The molecule has 0 aromatic carbocycles. The van der Waals surface area contributed by atoms with E-state index in [9.17, 15) is 4.79 Å². The summed E-state index contributed by atoms with van der Waals surface area (Å²) in [4.78, 5) is 19.9. The quantitative estimate of drug-likeness (QED) is 0.414. The Morgan fingerprint density at radius 2 is 2.60 bits per heavy atom. The van der Waals surface area contributed by atoms with Crippen molar-refractivity contribution in [3.05, 3.63) is 0 Å². The van der Waals surface area contributed by atoms with Crippen LogP contribution in [0.2, 0.25) is 0 Å². The van der Waals surface area contributed by atoms with Gasteiger partial charge in [0.15, 0.2) is 6.10 Å². The average Bonchev–Trinajstić information content (AvgIpc) is 2.38. The van der Waals surface area contributed by atoms with Crippen LogP contribution in [0.15, 0.2) is 0 Å². The second-order valence-electron chi connectivity index (χ2n) is 1.95. The lowest BCUT2D eigenvalue weighted by molar-refractivity contribution is -0.274. The van der Waals surface area contributed by atoms with Gasteiger partial charge in [-0.05, 0) is 6.92 Å². The van der Waals surface area contributed by atoms with E-state index in [4.69, 9.17) is 0 Å². The third-order valence-electron chi connectivity index (χ3n) is 1.20. The fourth-order valence-electron chi connectivity index (χ4n) is 0.726. The third kappa shape index (κ3) is 1.68. The molecule has 4 heteroatoms. The smallest absolute Gasteiger partial charge is 0.338 e. The molecule has 0 aromatic heterocycles. The first kappa shape index (κ1) is 7.50. The molecule has 0 bridgehead atoms. The van der Waals surface area contributed by atoms with Gasteiger partial charge in [-0.3, -0.25) is 0 Å². The van der Waals surface area contributed by atoms with Gasteiger partial charge in [0.25, 0.3) is 0 Å². The lowest BCUT2D eigenvalue weighted by atomic mass is 10.3. The van der Waals surface area contributed by atoms with Crippen LogP contribution < -0.4 is 0 Å². The van der Waals surface area contributed by atoms with Gasteiger partial charge >= 0.3 is 5.97 Å². The summed E-state index contributed by atoms with van der Waals surface area (Å²) in [5, 5.41) is 0. The maximum absolute atomic E-state index is 10.8. The minimum absolute atomic E-state index is 0.333. The van der Waals surface area contributed by atoms with Crippen LogP contribution in [-0.2, 0) is 19.3 Å². The first-order valence-electron chi connectivity index (χ1n) is 3.29. The predicted molar refractivity (Wildman–Crippen MR) is 32.1 cm³/mol. The predicted octanol–water partition coefficient (Wildman–Crippen LogP) is 0.270. The molecule has 1 saturated heterocycles. The van der Waals surface area contributed by atoms with Gasteiger partial charge in [0.1, 0.15) is 0 Å². The van der Waals surface area contributed by atoms with Crippen molar-refractivity contribution >= 4 is 5.97 Å². The van der Waals surface area contributed by atoms with Gasteiger partial charge < -0.3 is 4.74 Å². The molecule has 1 unspecified atom stereocenters. The molecule has 0 amide bonds. The summed E-state index contributed by atoms with van der Waals surface area (Å²) in [7, 11) is 0. The van der Waals surface area contributed by atoms with Crippen molar-refractivity contribution in [1.29, 1.82) is 0 Å². The molecular weight excluding hydrogens is 136 g/mol. The van der Waals surface area contributed by atoms with Gasteiger partial charge in [-0.15, -0.1) is 0 Å². The highest BCUT2D eigenvalue weighted by atomic mass is 17.2. The Hall–Kier alpha value is -0.610. The summed E-state index contributed by atoms with van der Waals surface area (Å²) in [5.41, 5.74) is 0. The topological polar surface area (TPSA) is 44.8 Å². The summed E-state index contributed by atoms with van der Waals surface area (Å²) in [6.45, 7) is 2.62. The van der Waals surface area contributed by atoms with E-state index in [2.05, 4.69) is 14.5 Å². The number of carbonyl (C=O) groups is 1. The van der Waals surface area contributed by atoms with Gasteiger partial charge in [-0.2, -0.15) is 0 Å². The Kier molecular flexibility index (Phi) is 2.65. The van der Waals surface area contributed by atoms with E-state index in [0.29, 0.717) is 19.6 Å². The Morgan fingerprint density at radius 1 is 1.80 bits per heavy atom. The van der Waals surface area contributed by atoms with Gasteiger partial charge in [0, 0.05) is 6.42 Å². The summed E-state index contributed by atoms with van der Waals surface area (Å²) >= 11 is 0. The monoisotopic (exact) mass is 146 g/mol. The summed E-state index contributed by atoms with van der Waals surface area (Å²) < 4.78 is 4.68. The van der Waals surface area contributed by atoms with Crippen LogP contribution in [0.3, 0.4) is 0 Å². The zero-order chi connectivity index (χ0) is 7.40. The van der Waals surface area contributed by atoms with Crippen LogP contribution >= 0.6 is 0 Å². The first-order chi connectivity index (χ1) is 4.84. The van der Waals surface area contributed by atoms with Crippen molar-refractivity contribution in [3.8, 4) is 0 Å². The Bertz CT molecular complexity index is 117. The van der Waals surface area contributed by atoms with E-state index in [1.165, 1.54) is 0 Å². The molecule has 0 aliphatic carbocycles. The standard InChI is InChI=1S/C6H10O4/c1-2-8-6(7)5-3-4-9-10-5/h5H,2-4H2,1H3. The van der Waals surface area contributed by atoms with Crippen LogP contribution in [0.25, 0.3) is 0 Å². The average molecular weight is 146 g/mol. The molecule has 10 heavy (non-hydrogen) atoms. The number of hydrogen-bond acceptors (Lipinski definition) is 4. The normalized spacial score (nSPS) is 24.7. The van der Waals surface area contributed by atoms with Crippen LogP contribution in [-0.4, -0.2) is 25.3 Å². The fraction of sp³-hybridized carbons (Fsp3) is 0.833. The SMILES string of the molecule is CCOC(=O)C1CCOO1. The van der Waals surface area contributed by atoms with Gasteiger partial charge in [0.05, 0.1) is 13.2 Å². The first-order valence-corrected chi connectivity index (χ1v) is 3.29. The molecule has 0 spiro atoms. The molecule has 0 saturated carbocycles. The molecule has 1 aliphatic heterocycles. The number of rotatable bonds is 2. The van der Waals surface area contributed by atoms with Crippen molar-refractivity contribution in [2.45, 2.75) is 19.4 Å². The van der Waals surface area contributed by atoms with E-state index >= 15 is 0 Å². The van der Waals surface area contributed by atoms with E-state index in [-0.39, 0.29) is 5.97 Å². The van der Waals surface area contributed by atoms with Crippen molar-refractivity contribution in [3.63, 3.8) is 0 Å². The number of carbonyl (C=O) groups excluding carboxylic acids is 1. The van der Waals surface area contributed by atoms with Gasteiger partial charge in [0.2, 0.25) is 0 Å². The van der Waals surface area contributed by atoms with Crippen molar-refractivity contribution in [2.75, 3.05) is 13.2 Å². The minimum Gasteiger partial charge on any atom is -0.464 e. The molecule has 1 heterocycles. The zero-order valence-corrected chi connectivity index (χ0v) is 5.83. The maximum Gasteiger partial charge on any atom is 0.338 e. The Balaban J connectivity index is 2.25. The molecule has 1 fully saturated rings. The van der Waals surface area contributed by atoms with Gasteiger partial charge in [-0.25, -0.2) is 14.6 Å². The summed E-state index contributed by atoms with van der Waals surface area (Å²) in [6, 6.07) is 0. The van der Waals surface area contributed by atoms with Crippen LogP contribution in [0.4, 0.5) is 0 Å². The van der Waals surface area contributed by atoms with Crippen molar-refractivity contribution in [1.82, 2.24) is 0 Å². The molecule has 58 valence electrons. The second kappa shape index (κ2) is 3.53. The fourth-order valence-corrected chi connectivity index (χ4v) is 0.726. The highest BCUT2D eigenvalue weighted by Crippen LogP contribution is 2.09. The van der Waals surface area contributed by atoms with Crippen molar-refractivity contribution < 1.29 is 19.3 Å². The molecule has 1 aliphatic rings. The molecule has 0 aromatic rings. The lowest BCUT2D eigenvalue weighted by Crippen LogP contribution is -2.21. The lowest BCUT2D eigenvalue weighted by Gasteiger charge is -2.04. The Labute approximate surface area is 59.0 Å². The van der Waals surface area contributed by atoms with Crippen LogP contribution in [0, 0.1) is 0 Å². The summed E-state index contributed by atoms with van der Waals surface area (Å²) in [6.07, 6.45) is 0.0960. The van der Waals surface area contributed by atoms with E-state index in [0.717, 1.165) is 0 Å². The van der Waals surface area contributed by atoms with Gasteiger partial charge in [-0.1, -0.05) is 0 Å². The Morgan fingerprint density at radius 3 is 3.10 bits per heavy atom. The van der Waals surface area contributed by atoms with E-state index < -0.39 is 6.10 Å². The number of esters is 1. The molecule has 0 radical (unpaired) electrons. The van der Waals surface area contributed by atoms with Crippen LogP contribution in [0.5, 0.6) is 0 Å². The molecule has 0 N–H and O–H groups in total. The molecule has 1 rings (SSSR count). The highest BCUT2D eigenvalue weighted by molar-refractivity contribution is 5.74. The van der Waals surface area contributed by atoms with Crippen LogP contribution in [0.1, 0.15) is 13.3 Å². The number of ether oxygens (including phenoxy) is 1. The maximum atomic E-state index is 10.8. The third-order valence-corrected chi connectivity index (χ3v) is 1.20. The molecule has 4 nitrogen and oxygen atoms in total. The second-order valence-corrected chi connectivity index (χ2v) is 1.95. The largest absolute Gasteiger partial charge is 0.464 e. The summed E-state index contributed by atoms with van der Waals surface area (Å²) in [5.74, 6) is -0.333. The van der Waals surface area contributed by atoms with E-state index in [1.54, 1.807) is 6.92 Å². The molecular formula is C6H10O4. The zero-order valence-electron chi connectivity index (χ0n) is 5.83. The highest BCUT2D eigenvalue weighted by Gasteiger charge is 2.26.